The van der Waals surface area contributed by atoms with Crippen LogP contribution >= 0.6 is 0 Å². The molecule has 0 aromatic heterocycles. The third-order valence-electron chi connectivity index (χ3n) is 2.52. The summed E-state index contributed by atoms with van der Waals surface area (Å²) in [7, 11) is 0. The molecule has 2 rings (SSSR count). The third-order valence-corrected chi connectivity index (χ3v) is 2.52. The molecule has 2 aliphatic carbocycles. The molecule has 3 atom stereocenters. The number of carbonyl (C=O) groups is 1. The van der Waals surface area contributed by atoms with E-state index < -0.39 is 6.10 Å². The van der Waals surface area contributed by atoms with Crippen LogP contribution in [0.5, 0.6) is 0 Å². The average molecular weight is 162 g/mol. The van der Waals surface area contributed by atoms with E-state index in [-0.39, 0.29) is 17.6 Å². The minimum atomic E-state index is -0.677. The zero-order valence-corrected chi connectivity index (χ0v) is 6.60. The number of hydrogen-bond donors (Lipinski definition) is 1. The van der Waals surface area contributed by atoms with Gasteiger partial charge >= 0.3 is 0 Å². The molecule has 12 heavy (non-hydrogen) atoms. The zero-order chi connectivity index (χ0) is 8.72. The molecule has 0 radical (unpaired) electrons. The number of carbonyl (C=O) groups excluding carboxylic acids is 1. The van der Waals surface area contributed by atoms with Gasteiger partial charge < -0.3 is 5.11 Å². The fourth-order valence-corrected chi connectivity index (χ4v) is 1.78. The Bertz CT molecular complexity index is 299. The largest absolute Gasteiger partial charge is 0.388 e. The third kappa shape index (κ3) is 0.816. The monoisotopic (exact) mass is 162 g/mol. The van der Waals surface area contributed by atoms with Gasteiger partial charge in [0.05, 0.1) is 6.10 Å². The van der Waals surface area contributed by atoms with Crippen LogP contribution in [0, 0.1) is 11.8 Å². The molecule has 0 saturated heterocycles. The highest BCUT2D eigenvalue weighted by Gasteiger charge is 2.42. The van der Waals surface area contributed by atoms with Crippen molar-refractivity contribution in [1.82, 2.24) is 0 Å². The van der Waals surface area contributed by atoms with Crippen molar-refractivity contribution in [2.24, 2.45) is 11.8 Å². The van der Waals surface area contributed by atoms with Gasteiger partial charge in [-0.05, 0) is 0 Å². The molecule has 62 valence electrons. The van der Waals surface area contributed by atoms with Gasteiger partial charge in [-0.2, -0.15) is 0 Å². The normalized spacial score (nSPS) is 38.9. The Morgan fingerprint density at radius 3 is 2.67 bits per heavy atom. The lowest BCUT2D eigenvalue weighted by molar-refractivity contribution is -0.117. The van der Waals surface area contributed by atoms with E-state index in [1.807, 2.05) is 24.3 Å². The molecule has 2 nitrogen and oxygen atoms in total. The molecule has 0 aliphatic heterocycles. The second-order valence-electron chi connectivity index (χ2n) is 3.21. The summed E-state index contributed by atoms with van der Waals surface area (Å²) in [6.45, 7) is 3.57. The van der Waals surface area contributed by atoms with E-state index in [4.69, 9.17) is 0 Å². The lowest BCUT2D eigenvalue weighted by Gasteiger charge is -2.15. The Balaban J connectivity index is 2.40. The average Bonchev–Trinajstić information content (AvgIpc) is 2.33. The van der Waals surface area contributed by atoms with E-state index in [1.54, 1.807) is 0 Å². The first-order valence-electron chi connectivity index (χ1n) is 3.98. The maximum absolute atomic E-state index is 11.4. The first-order chi connectivity index (χ1) is 5.72. The fourth-order valence-electron chi connectivity index (χ4n) is 1.78. The van der Waals surface area contributed by atoms with Gasteiger partial charge in [-0.15, -0.1) is 0 Å². The van der Waals surface area contributed by atoms with Crippen molar-refractivity contribution in [3.63, 3.8) is 0 Å². The van der Waals surface area contributed by atoms with Crippen LogP contribution in [0.25, 0.3) is 0 Å². The van der Waals surface area contributed by atoms with Gasteiger partial charge in [0.2, 0.25) is 0 Å². The SMILES string of the molecule is C=C1C(=O)C2C=CC=CC2[C@H]1O. The zero-order valence-electron chi connectivity index (χ0n) is 6.60. The number of hydrogen-bond acceptors (Lipinski definition) is 2. The smallest absolute Gasteiger partial charge is 0.168 e. The molecular formula is C10H10O2. The van der Waals surface area contributed by atoms with Crippen LogP contribution < -0.4 is 0 Å². The fraction of sp³-hybridized carbons (Fsp3) is 0.300. The number of rotatable bonds is 0. The van der Waals surface area contributed by atoms with Crippen molar-refractivity contribution in [3.8, 4) is 0 Å². The molecule has 2 aliphatic rings. The number of aliphatic hydroxyl groups excluding tert-OH is 1. The highest BCUT2D eigenvalue weighted by atomic mass is 16.3. The van der Waals surface area contributed by atoms with Crippen molar-refractivity contribution >= 4 is 5.78 Å². The van der Waals surface area contributed by atoms with Crippen LogP contribution in [-0.2, 0) is 4.79 Å². The molecule has 1 saturated carbocycles. The van der Waals surface area contributed by atoms with Crippen LogP contribution in [0.15, 0.2) is 36.5 Å². The van der Waals surface area contributed by atoms with E-state index in [0.717, 1.165) is 0 Å². The molecule has 0 amide bonds. The summed E-state index contributed by atoms with van der Waals surface area (Å²) in [5.41, 5.74) is 0.348. The lowest BCUT2D eigenvalue weighted by Crippen LogP contribution is -2.18. The number of ketones is 1. The Morgan fingerprint density at radius 1 is 1.33 bits per heavy atom. The van der Waals surface area contributed by atoms with Gasteiger partial charge in [-0.1, -0.05) is 30.9 Å². The van der Waals surface area contributed by atoms with Gasteiger partial charge in [0, 0.05) is 17.4 Å². The van der Waals surface area contributed by atoms with E-state index in [1.165, 1.54) is 0 Å². The van der Waals surface area contributed by atoms with E-state index in [9.17, 15) is 9.90 Å². The van der Waals surface area contributed by atoms with Crippen molar-refractivity contribution < 1.29 is 9.90 Å². The van der Waals surface area contributed by atoms with Crippen LogP contribution in [-0.4, -0.2) is 17.0 Å². The highest BCUT2D eigenvalue weighted by Crippen LogP contribution is 2.35. The predicted molar refractivity (Wildman–Crippen MR) is 45.4 cm³/mol. The molecular weight excluding hydrogens is 152 g/mol. The number of fused-ring (bicyclic) bond motifs is 1. The molecule has 2 heteroatoms. The summed E-state index contributed by atoms with van der Waals surface area (Å²) in [6, 6.07) is 0. The molecule has 0 bridgehead atoms. The first-order valence-corrected chi connectivity index (χ1v) is 3.98. The quantitative estimate of drug-likeness (QED) is 0.536. The standard InChI is InChI=1S/C10H10O2/c1-6-9(11)7-4-2-3-5-8(7)10(6)12/h2-5,7-9,11H,1H2/t7?,8?,9-/m0/s1. The number of Topliss-reactive ketones (excluding diaryl/α,β-unsaturated/α-hetero) is 1. The highest BCUT2D eigenvalue weighted by molar-refractivity contribution is 6.02. The summed E-state index contributed by atoms with van der Waals surface area (Å²) < 4.78 is 0. The van der Waals surface area contributed by atoms with Crippen LogP contribution in [0.4, 0.5) is 0 Å². The molecule has 1 fully saturated rings. The molecule has 0 spiro atoms. The lowest BCUT2D eigenvalue weighted by atomic mass is 9.90. The Morgan fingerprint density at radius 2 is 2.00 bits per heavy atom. The van der Waals surface area contributed by atoms with Crippen molar-refractivity contribution in [2.45, 2.75) is 6.10 Å². The van der Waals surface area contributed by atoms with E-state index >= 15 is 0 Å². The molecule has 0 aromatic carbocycles. The summed E-state index contributed by atoms with van der Waals surface area (Å²) in [5.74, 6) is -0.263. The molecule has 1 N–H and O–H groups in total. The van der Waals surface area contributed by atoms with Gasteiger partial charge in [0.25, 0.3) is 0 Å². The predicted octanol–water partition coefficient (Wildman–Crippen LogP) is 0.845. The summed E-state index contributed by atoms with van der Waals surface area (Å²) in [5, 5.41) is 9.56. The van der Waals surface area contributed by atoms with Crippen molar-refractivity contribution in [2.75, 3.05) is 0 Å². The van der Waals surface area contributed by atoms with Gasteiger partial charge in [-0.3, -0.25) is 4.79 Å². The van der Waals surface area contributed by atoms with Gasteiger partial charge in [0.15, 0.2) is 5.78 Å². The Kier molecular flexibility index (Phi) is 1.51. The molecule has 0 heterocycles. The second kappa shape index (κ2) is 2.42. The maximum Gasteiger partial charge on any atom is 0.168 e. The minimum absolute atomic E-state index is 0.0203. The Labute approximate surface area is 70.9 Å². The number of aliphatic hydroxyl groups is 1. The second-order valence-corrected chi connectivity index (χ2v) is 3.21. The van der Waals surface area contributed by atoms with Crippen LogP contribution in [0.3, 0.4) is 0 Å². The van der Waals surface area contributed by atoms with Crippen LogP contribution in [0.2, 0.25) is 0 Å². The van der Waals surface area contributed by atoms with Crippen LogP contribution in [0.1, 0.15) is 0 Å². The van der Waals surface area contributed by atoms with E-state index in [0.29, 0.717) is 5.57 Å². The van der Waals surface area contributed by atoms with Crippen molar-refractivity contribution in [3.05, 3.63) is 36.5 Å². The number of allylic oxidation sites excluding steroid dienone is 3. The van der Waals surface area contributed by atoms with Gasteiger partial charge in [-0.25, -0.2) is 0 Å². The minimum Gasteiger partial charge on any atom is -0.388 e. The maximum atomic E-state index is 11.4. The van der Waals surface area contributed by atoms with Gasteiger partial charge in [0.1, 0.15) is 0 Å². The molecule has 0 aromatic rings. The summed E-state index contributed by atoms with van der Waals surface area (Å²) in [6.07, 6.45) is 6.71. The molecule has 2 unspecified atom stereocenters. The summed E-state index contributed by atoms with van der Waals surface area (Å²) in [4.78, 5) is 11.4. The first kappa shape index (κ1) is 7.50. The van der Waals surface area contributed by atoms with Crippen molar-refractivity contribution in [1.29, 1.82) is 0 Å². The van der Waals surface area contributed by atoms with E-state index in [2.05, 4.69) is 6.58 Å². The topological polar surface area (TPSA) is 37.3 Å². The summed E-state index contributed by atoms with van der Waals surface area (Å²) >= 11 is 0. The Hall–Kier alpha value is -1.15.